The Morgan fingerprint density at radius 2 is 1.89 bits per heavy atom. The van der Waals surface area contributed by atoms with Crippen molar-refractivity contribution in [3.05, 3.63) is 64.4 Å². The lowest BCUT2D eigenvalue weighted by Gasteiger charge is -2.14. The minimum absolute atomic E-state index is 0.414. The van der Waals surface area contributed by atoms with Gasteiger partial charge in [-0.05, 0) is 58.9 Å². The average Bonchev–Trinajstić information content (AvgIpc) is 2.43. The van der Waals surface area contributed by atoms with E-state index in [1.807, 2.05) is 18.3 Å². The molecule has 1 heterocycles. The summed E-state index contributed by atoms with van der Waals surface area (Å²) in [7, 11) is 0. The van der Waals surface area contributed by atoms with Crippen molar-refractivity contribution >= 4 is 15.9 Å². The lowest BCUT2D eigenvalue weighted by molar-refractivity contribution is 0.627. The Kier molecular flexibility index (Phi) is 4.90. The summed E-state index contributed by atoms with van der Waals surface area (Å²) < 4.78 is 1.02. The molecule has 1 atom stereocenters. The van der Waals surface area contributed by atoms with Crippen molar-refractivity contribution in [1.29, 1.82) is 0 Å². The molecular formula is C15H17BrN2. The molecule has 1 unspecified atom stereocenters. The second kappa shape index (κ2) is 6.66. The number of aryl methyl sites for hydroxylation is 1. The molecule has 0 amide bonds. The van der Waals surface area contributed by atoms with E-state index < -0.39 is 0 Å². The molecule has 0 fully saturated rings. The van der Waals surface area contributed by atoms with Crippen LogP contribution in [0.1, 0.15) is 23.6 Å². The molecular weight excluding hydrogens is 288 g/mol. The van der Waals surface area contributed by atoms with Crippen molar-refractivity contribution in [2.75, 3.05) is 6.54 Å². The van der Waals surface area contributed by atoms with Crippen LogP contribution >= 0.6 is 15.9 Å². The Bertz CT molecular complexity index is 468. The van der Waals surface area contributed by atoms with Gasteiger partial charge in [0.2, 0.25) is 0 Å². The summed E-state index contributed by atoms with van der Waals surface area (Å²) in [5.74, 6) is 0.414. The molecule has 0 aliphatic rings. The van der Waals surface area contributed by atoms with Gasteiger partial charge in [0.25, 0.3) is 0 Å². The number of nitrogens with two attached hydrogens (primary N) is 1. The van der Waals surface area contributed by atoms with Gasteiger partial charge in [-0.2, -0.15) is 0 Å². The molecule has 2 nitrogen and oxygen atoms in total. The van der Waals surface area contributed by atoms with Gasteiger partial charge in [0.15, 0.2) is 0 Å². The summed E-state index contributed by atoms with van der Waals surface area (Å²) in [4.78, 5) is 4.39. The second-order valence-corrected chi connectivity index (χ2v) is 5.27. The van der Waals surface area contributed by atoms with Crippen LogP contribution in [0.25, 0.3) is 0 Å². The number of nitrogens with zero attached hydrogens (tertiary/aromatic N) is 1. The van der Waals surface area contributed by atoms with Crippen LogP contribution in [0.4, 0.5) is 0 Å². The van der Waals surface area contributed by atoms with Gasteiger partial charge in [-0.15, -0.1) is 0 Å². The minimum Gasteiger partial charge on any atom is -0.330 e. The van der Waals surface area contributed by atoms with E-state index in [0.717, 1.165) is 23.0 Å². The Morgan fingerprint density at radius 3 is 2.50 bits per heavy atom. The Balaban J connectivity index is 1.97. The van der Waals surface area contributed by atoms with Crippen molar-refractivity contribution < 1.29 is 0 Å². The number of pyridine rings is 1. The number of hydrogen-bond acceptors (Lipinski definition) is 2. The Labute approximate surface area is 116 Å². The maximum absolute atomic E-state index is 5.87. The monoisotopic (exact) mass is 304 g/mol. The molecule has 0 spiro atoms. The topological polar surface area (TPSA) is 38.9 Å². The third-order valence-electron chi connectivity index (χ3n) is 3.09. The molecule has 0 aliphatic heterocycles. The van der Waals surface area contributed by atoms with Gasteiger partial charge in [0, 0.05) is 16.4 Å². The molecule has 94 valence electrons. The van der Waals surface area contributed by atoms with E-state index in [9.17, 15) is 0 Å². The van der Waals surface area contributed by atoms with Crippen molar-refractivity contribution in [2.45, 2.75) is 18.8 Å². The van der Waals surface area contributed by atoms with Gasteiger partial charge in [-0.25, -0.2) is 0 Å². The predicted molar refractivity (Wildman–Crippen MR) is 78.5 cm³/mol. The van der Waals surface area contributed by atoms with Gasteiger partial charge in [0.1, 0.15) is 0 Å². The van der Waals surface area contributed by atoms with E-state index in [-0.39, 0.29) is 0 Å². The van der Waals surface area contributed by atoms with Crippen molar-refractivity contribution in [2.24, 2.45) is 5.73 Å². The summed E-state index contributed by atoms with van der Waals surface area (Å²) in [5.41, 5.74) is 8.30. The highest BCUT2D eigenvalue weighted by molar-refractivity contribution is 9.10. The number of aromatic nitrogens is 1. The third kappa shape index (κ3) is 3.65. The number of benzene rings is 1. The van der Waals surface area contributed by atoms with E-state index in [1.165, 1.54) is 5.56 Å². The fraction of sp³-hybridized carbons (Fsp3) is 0.267. The van der Waals surface area contributed by atoms with Gasteiger partial charge < -0.3 is 5.73 Å². The van der Waals surface area contributed by atoms with Gasteiger partial charge in [-0.1, -0.05) is 30.3 Å². The van der Waals surface area contributed by atoms with Crippen LogP contribution in [0, 0.1) is 0 Å². The van der Waals surface area contributed by atoms with Gasteiger partial charge >= 0.3 is 0 Å². The first kappa shape index (κ1) is 13.2. The smallest absolute Gasteiger partial charge is 0.0413 e. The first-order chi connectivity index (χ1) is 8.79. The summed E-state index contributed by atoms with van der Waals surface area (Å²) in [6.07, 6.45) is 3.84. The predicted octanol–water partition coefficient (Wildman–Crippen LogP) is 3.52. The highest BCUT2D eigenvalue weighted by atomic mass is 79.9. The first-order valence-electron chi connectivity index (χ1n) is 6.15. The second-order valence-electron chi connectivity index (χ2n) is 4.35. The Hall–Kier alpha value is -1.19. The lowest BCUT2D eigenvalue weighted by Crippen LogP contribution is -2.13. The number of halogens is 1. The fourth-order valence-electron chi connectivity index (χ4n) is 2.02. The average molecular weight is 305 g/mol. The molecule has 2 N–H and O–H groups in total. The maximum Gasteiger partial charge on any atom is 0.0413 e. The zero-order chi connectivity index (χ0) is 12.8. The van der Waals surface area contributed by atoms with Crippen LogP contribution in [-0.2, 0) is 6.42 Å². The number of hydrogen-bond donors (Lipinski definition) is 1. The molecule has 0 aliphatic carbocycles. The Morgan fingerprint density at radius 1 is 1.11 bits per heavy atom. The molecule has 0 saturated carbocycles. The summed E-state index contributed by atoms with van der Waals surface area (Å²) in [5, 5.41) is 0. The summed E-state index contributed by atoms with van der Waals surface area (Å²) in [6.45, 7) is 0.681. The van der Waals surface area contributed by atoms with Crippen molar-refractivity contribution in [1.82, 2.24) is 4.98 Å². The van der Waals surface area contributed by atoms with Crippen LogP contribution in [0.3, 0.4) is 0 Å². The zero-order valence-electron chi connectivity index (χ0n) is 10.2. The molecule has 18 heavy (non-hydrogen) atoms. The van der Waals surface area contributed by atoms with Crippen molar-refractivity contribution in [3.63, 3.8) is 0 Å². The third-order valence-corrected chi connectivity index (χ3v) is 3.56. The summed E-state index contributed by atoms with van der Waals surface area (Å²) >= 11 is 3.39. The number of rotatable bonds is 5. The molecule has 1 aromatic heterocycles. The van der Waals surface area contributed by atoms with Crippen LogP contribution in [0.5, 0.6) is 0 Å². The van der Waals surface area contributed by atoms with E-state index in [4.69, 9.17) is 5.73 Å². The van der Waals surface area contributed by atoms with Crippen molar-refractivity contribution in [3.8, 4) is 0 Å². The van der Waals surface area contributed by atoms with E-state index >= 15 is 0 Å². The zero-order valence-corrected chi connectivity index (χ0v) is 11.8. The molecule has 2 aromatic rings. The largest absolute Gasteiger partial charge is 0.330 e. The van der Waals surface area contributed by atoms with Gasteiger partial charge in [0.05, 0.1) is 0 Å². The van der Waals surface area contributed by atoms with E-state index in [0.29, 0.717) is 12.5 Å². The van der Waals surface area contributed by atoms with Gasteiger partial charge in [-0.3, -0.25) is 4.98 Å². The van der Waals surface area contributed by atoms with Crippen LogP contribution < -0.4 is 5.73 Å². The molecule has 2 rings (SSSR count). The normalized spacial score (nSPS) is 12.3. The molecule has 0 radical (unpaired) electrons. The molecule has 0 bridgehead atoms. The minimum atomic E-state index is 0.414. The quantitative estimate of drug-likeness (QED) is 0.918. The molecule has 3 heteroatoms. The fourth-order valence-corrected chi connectivity index (χ4v) is 2.26. The van der Waals surface area contributed by atoms with E-state index in [1.54, 1.807) is 0 Å². The van der Waals surface area contributed by atoms with Crippen LogP contribution in [-0.4, -0.2) is 11.5 Å². The van der Waals surface area contributed by atoms with Crippen LogP contribution in [0.2, 0.25) is 0 Å². The first-order valence-corrected chi connectivity index (χ1v) is 6.94. The highest BCUT2D eigenvalue weighted by Gasteiger charge is 2.09. The molecule has 1 aromatic carbocycles. The SMILES string of the molecule is NCC(CCc1ccc(Br)cn1)c1ccccc1. The molecule has 0 saturated heterocycles. The standard InChI is InChI=1S/C15H17BrN2/c16-14-7-9-15(18-11-14)8-6-13(10-17)12-4-2-1-3-5-12/h1-5,7,9,11,13H,6,8,10,17H2. The lowest BCUT2D eigenvalue weighted by atomic mass is 9.93. The summed E-state index contributed by atoms with van der Waals surface area (Å²) in [6, 6.07) is 14.5. The maximum atomic E-state index is 5.87. The van der Waals surface area contributed by atoms with E-state index in [2.05, 4.69) is 51.2 Å². The van der Waals surface area contributed by atoms with Crippen LogP contribution in [0.15, 0.2) is 53.1 Å². The highest BCUT2D eigenvalue weighted by Crippen LogP contribution is 2.20.